The van der Waals surface area contributed by atoms with Gasteiger partial charge in [-0.2, -0.15) is 0 Å². The molecule has 1 aromatic heterocycles. The van der Waals surface area contributed by atoms with Gasteiger partial charge in [-0.15, -0.1) is 12.3 Å². The molecule has 1 rings (SSSR count). The van der Waals surface area contributed by atoms with E-state index in [0.29, 0.717) is 29.0 Å². The highest BCUT2D eigenvalue weighted by atomic mass is 16.5. The number of esters is 2. The molecule has 0 bridgehead atoms. The van der Waals surface area contributed by atoms with Crippen LogP contribution >= 0.6 is 0 Å². The van der Waals surface area contributed by atoms with Crippen LogP contribution in [0, 0.1) is 24.7 Å². The molecule has 6 heteroatoms. The quantitative estimate of drug-likeness (QED) is 0.238. The number of methoxy groups -OCH3 is 1. The summed E-state index contributed by atoms with van der Waals surface area (Å²) in [7, 11) is 1.55. The Labute approximate surface area is 173 Å². The topological polar surface area (TPSA) is 74.7 Å². The summed E-state index contributed by atoms with van der Waals surface area (Å²) in [5, 5.41) is 0. The number of unbranched alkanes of at least 4 members (excludes halogenated alkanes) is 1. The van der Waals surface area contributed by atoms with E-state index in [1.54, 1.807) is 34.1 Å². The number of allylic oxidation sites excluding steroid dienone is 2. The van der Waals surface area contributed by atoms with Crippen LogP contribution in [0.25, 0.3) is 0 Å². The van der Waals surface area contributed by atoms with Gasteiger partial charge in [-0.3, -0.25) is 14.6 Å². The van der Waals surface area contributed by atoms with E-state index in [1.165, 1.54) is 0 Å². The molecule has 0 radical (unpaired) electrons. The first-order valence-corrected chi connectivity index (χ1v) is 9.65. The van der Waals surface area contributed by atoms with E-state index in [4.69, 9.17) is 20.6 Å². The van der Waals surface area contributed by atoms with Gasteiger partial charge in [0.25, 0.3) is 0 Å². The predicted molar refractivity (Wildman–Crippen MR) is 111 cm³/mol. The average Bonchev–Trinajstić information content (AvgIpc) is 2.67. The molecule has 1 heterocycles. The Hall–Kier alpha value is -2.65. The number of hydrogen-bond acceptors (Lipinski definition) is 6. The maximum atomic E-state index is 12.4. The van der Waals surface area contributed by atoms with E-state index in [2.05, 4.69) is 10.9 Å². The van der Waals surface area contributed by atoms with Gasteiger partial charge in [0.2, 0.25) is 0 Å². The Balaban J connectivity index is 3.03. The number of carbonyl (C=O) groups excluding carboxylic acids is 2. The van der Waals surface area contributed by atoms with Crippen LogP contribution in [0.3, 0.4) is 0 Å². The van der Waals surface area contributed by atoms with E-state index < -0.39 is 11.4 Å². The summed E-state index contributed by atoms with van der Waals surface area (Å²) in [6.45, 7) is 7.33. The maximum Gasteiger partial charge on any atom is 0.312 e. The highest BCUT2D eigenvalue weighted by molar-refractivity contribution is 5.76. The molecular formula is C23H31NO5. The Morgan fingerprint density at radius 2 is 2.03 bits per heavy atom. The second-order valence-electron chi connectivity index (χ2n) is 7.39. The molecule has 0 spiro atoms. The zero-order chi connectivity index (χ0) is 21.9. The first-order chi connectivity index (χ1) is 13.8. The number of nitrogens with zero attached hydrogens (tertiary/aromatic N) is 1. The fraction of sp³-hybridized carbons (Fsp3) is 0.522. The molecule has 6 nitrogen and oxygen atoms in total. The second-order valence-corrected chi connectivity index (χ2v) is 7.39. The van der Waals surface area contributed by atoms with E-state index >= 15 is 0 Å². The number of rotatable bonds is 11. The molecule has 0 atom stereocenters. The molecule has 158 valence electrons. The largest absolute Gasteiger partial charge is 0.460 e. The molecule has 0 fully saturated rings. The second kappa shape index (κ2) is 12.0. The third-order valence-electron chi connectivity index (χ3n) is 4.35. The van der Waals surface area contributed by atoms with E-state index in [0.717, 1.165) is 6.42 Å². The summed E-state index contributed by atoms with van der Waals surface area (Å²) < 4.78 is 16.3. The van der Waals surface area contributed by atoms with Gasteiger partial charge >= 0.3 is 11.9 Å². The summed E-state index contributed by atoms with van der Waals surface area (Å²) in [6.07, 6.45) is 13.0. The van der Waals surface area contributed by atoms with Crippen molar-refractivity contribution in [3.63, 3.8) is 0 Å². The SMILES string of the molecule is C#CCC(C)(C)C(=O)OCc1c(COC)cnc(C)c1OC(=O)CCC/C=C\C. The summed E-state index contributed by atoms with van der Waals surface area (Å²) in [4.78, 5) is 29.0. The molecule has 0 aliphatic carbocycles. The van der Waals surface area contributed by atoms with Crippen molar-refractivity contribution in [3.05, 3.63) is 35.2 Å². The molecule has 0 N–H and O–H groups in total. The van der Waals surface area contributed by atoms with Gasteiger partial charge in [-0.1, -0.05) is 12.2 Å². The molecule has 0 saturated carbocycles. The van der Waals surface area contributed by atoms with Crippen molar-refractivity contribution in [1.29, 1.82) is 0 Å². The molecule has 0 saturated heterocycles. The number of hydrogen-bond donors (Lipinski definition) is 0. The molecule has 0 amide bonds. The lowest BCUT2D eigenvalue weighted by Gasteiger charge is -2.21. The molecule has 29 heavy (non-hydrogen) atoms. The van der Waals surface area contributed by atoms with Crippen LogP contribution in [0.4, 0.5) is 0 Å². The smallest absolute Gasteiger partial charge is 0.312 e. The minimum atomic E-state index is -0.804. The lowest BCUT2D eigenvalue weighted by molar-refractivity contribution is -0.155. The minimum Gasteiger partial charge on any atom is -0.460 e. The number of pyridine rings is 1. The molecular weight excluding hydrogens is 370 g/mol. The third-order valence-corrected chi connectivity index (χ3v) is 4.35. The summed E-state index contributed by atoms with van der Waals surface area (Å²) in [5.41, 5.74) is 1.01. The monoisotopic (exact) mass is 401 g/mol. The average molecular weight is 402 g/mol. The summed E-state index contributed by atoms with van der Waals surface area (Å²) in [5.74, 6) is 2.03. The Morgan fingerprint density at radius 1 is 1.31 bits per heavy atom. The summed E-state index contributed by atoms with van der Waals surface area (Å²) in [6, 6.07) is 0. The van der Waals surface area contributed by atoms with E-state index in [1.807, 2.05) is 19.1 Å². The molecule has 0 aliphatic rings. The lowest BCUT2D eigenvalue weighted by Crippen LogP contribution is -2.26. The lowest BCUT2D eigenvalue weighted by atomic mass is 9.90. The highest BCUT2D eigenvalue weighted by Crippen LogP contribution is 2.29. The minimum absolute atomic E-state index is 0.0595. The fourth-order valence-electron chi connectivity index (χ4n) is 2.61. The van der Waals surface area contributed by atoms with Crippen LogP contribution in [-0.2, 0) is 32.3 Å². The van der Waals surface area contributed by atoms with Crippen LogP contribution < -0.4 is 4.74 Å². The molecule has 0 unspecified atom stereocenters. The predicted octanol–water partition coefficient (Wildman–Crippen LogP) is 4.28. The standard InChI is InChI=1S/C23H31NO5/c1-7-9-10-11-12-20(25)29-21-17(3)24-14-18(15-27-6)19(21)16-28-22(26)23(4,5)13-8-2/h2,7,9,14H,10-13,15-16H2,1,3-6H3/b9-7-. The maximum absolute atomic E-state index is 12.4. The van der Waals surface area contributed by atoms with E-state index in [9.17, 15) is 9.59 Å². The normalized spacial score (nSPS) is 11.3. The third kappa shape index (κ3) is 7.71. The van der Waals surface area contributed by atoms with Crippen LogP contribution in [0.1, 0.15) is 63.3 Å². The van der Waals surface area contributed by atoms with Crippen LogP contribution in [0.2, 0.25) is 0 Å². The fourth-order valence-corrected chi connectivity index (χ4v) is 2.61. The number of carbonyl (C=O) groups is 2. The van der Waals surface area contributed by atoms with Crippen molar-refractivity contribution >= 4 is 11.9 Å². The van der Waals surface area contributed by atoms with Gasteiger partial charge < -0.3 is 14.2 Å². The Bertz CT molecular complexity index is 774. The van der Waals surface area contributed by atoms with Gasteiger partial charge in [-0.25, -0.2) is 0 Å². The van der Waals surface area contributed by atoms with Crippen molar-refractivity contribution in [2.24, 2.45) is 5.41 Å². The Kier molecular flexibility index (Phi) is 10.1. The van der Waals surface area contributed by atoms with Crippen LogP contribution in [0.5, 0.6) is 5.75 Å². The zero-order valence-electron chi connectivity index (χ0n) is 18.0. The van der Waals surface area contributed by atoms with Crippen LogP contribution in [-0.4, -0.2) is 24.0 Å². The first kappa shape index (κ1) is 24.4. The number of ether oxygens (including phenoxy) is 3. The van der Waals surface area contributed by atoms with Crippen molar-refractivity contribution < 1.29 is 23.8 Å². The van der Waals surface area contributed by atoms with Gasteiger partial charge in [-0.05, 0) is 40.5 Å². The number of aryl methyl sites for hydroxylation is 1. The summed E-state index contributed by atoms with van der Waals surface area (Å²) >= 11 is 0. The number of aromatic nitrogens is 1. The number of terminal acetylenes is 1. The zero-order valence-corrected chi connectivity index (χ0v) is 18.0. The van der Waals surface area contributed by atoms with Gasteiger partial charge in [0, 0.05) is 37.3 Å². The first-order valence-electron chi connectivity index (χ1n) is 9.65. The van der Waals surface area contributed by atoms with Crippen molar-refractivity contribution in [1.82, 2.24) is 4.98 Å². The Morgan fingerprint density at radius 3 is 2.66 bits per heavy atom. The van der Waals surface area contributed by atoms with Gasteiger partial charge in [0.15, 0.2) is 5.75 Å². The molecule has 0 aliphatic heterocycles. The van der Waals surface area contributed by atoms with Crippen molar-refractivity contribution in [2.45, 2.75) is 66.6 Å². The molecule has 0 aromatic carbocycles. The van der Waals surface area contributed by atoms with Gasteiger partial charge in [0.1, 0.15) is 6.61 Å². The van der Waals surface area contributed by atoms with Crippen molar-refractivity contribution in [3.8, 4) is 18.1 Å². The van der Waals surface area contributed by atoms with Crippen LogP contribution in [0.15, 0.2) is 18.3 Å². The van der Waals surface area contributed by atoms with E-state index in [-0.39, 0.29) is 32.0 Å². The molecule has 1 aromatic rings. The van der Waals surface area contributed by atoms with Gasteiger partial charge in [0.05, 0.1) is 17.7 Å². The van der Waals surface area contributed by atoms with Crippen molar-refractivity contribution in [2.75, 3.05) is 7.11 Å². The highest BCUT2D eigenvalue weighted by Gasteiger charge is 2.29.